The second kappa shape index (κ2) is 6.80. The van der Waals surface area contributed by atoms with Gasteiger partial charge in [0.05, 0.1) is 0 Å². The van der Waals surface area contributed by atoms with Crippen LogP contribution in [0.4, 0.5) is 0 Å². The van der Waals surface area contributed by atoms with Gasteiger partial charge in [-0.25, -0.2) is 0 Å². The van der Waals surface area contributed by atoms with Crippen LogP contribution in [-0.4, -0.2) is 0 Å². The van der Waals surface area contributed by atoms with Gasteiger partial charge in [0.25, 0.3) is 0 Å². The Balaban J connectivity index is 1.65. The lowest BCUT2D eigenvalue weighted by molar-refractivity contribution is 0.899. The molecule has 0 amide bonds. The van der Waals surface area contributed by atoms with Gasteiger partial charge in [-0.3, -0.25) is 0 Å². The highest BCUT2D eigenvalue weighted by molar-refractivity contribution is 6.15. The van der Waals surface area contributed by atoms with Gasteiger partial charge in [0.1, 0.15) is 0 Å². The molecule has 0 bridgehead atoms. The van der Waals surface area contributed by atoms with E-state index in [0.717, 1.165) is 6.42 Å². The van der Waals surface area contributed by atoms with Crippen molar-refractivity contribution in [3.63, 3.8) is 0 Å². The van der Waals surface area contributed by atoms with Gasteiger partial charge in [-0.2, -0.15) is 0 Å². The smallest absolute Gasteiger partial charge is 0.0143 e. The first kappa shape index (κ1) is 17.7. The first-order valence-electron chi connectivity index (χ1n) is 11.4. The molecule has 1 atom stereocenters. The normalized spacial score (nSPS) is 16.2. The Bertz CT molecular complexity index is 1490. The zero-order chi connectivity index (χ0) is 21.1. The van der Waals surface area contributed by atoms with Crippen LogP contribution in [0.2, 0.25) is 0 Å². The second-order valence-electron chi connectivity index (χ2n) is 8.87. The summed E-state index contributed by atoms with van der Waals surface area (Å²) in [6.07, 6.45) is 1.05. The van der Waals surface area contributed by atoms with Crippen molar-refractivity contribution in [1.29, 1.82) is 0 Å². The molecule has 0 aliphatic heterocycles. The molecule has 0 spiro atoms. The Kier molecular flexibility index (Phi) is 3.77. The molecule has 2 aliphatic rings. The van der Waals surface area contributed by atoms with E-state index in [4.69, 9.17) is 0 Å². The summed E-state index contributed by atoms with van der Waals surface area (Å²) in [6, 6.07) is 42.4. The Morgan fingerprint density at radius 3 is 1.81 bits per heavy atom. The zero-order valence-corrected chi connectivity index (χ0v) is 17.8. The standard InChI is InChI=1S/C32H22/c1-2-10-21(11-3-1)29-20-23-19-18-22-12-4-5-13-24(22)30(23)32(29)31-27-16-8-6-14-25(27)26-15-7-9-17-28(26)31/h1-19,29H,20H2/t29-/m1/s1. The fraction of sp³-hybridized carbons (Fsp3) is 0.0625. The third kappa shape index (κ3) is 2.44. The molecule has 5 aromatic rings. The second-order valence-corrected chi connectivity index (χ2v) is 8.87. The molecular formula is C32H22. The fourth-order valence-electron chi connectivity index (χ4n) is 5.88. The average molecular weight is 407 g/mol. The summed E-state index contributed by atoms with van der Waals surface area (Å²) in [7, 11) is 0. The number of benzene rings is 5. The number of fused-ring (bicyclic) bond motifs is 6. The zero-order valence-electron chi connectivity index (χ0n) is 17.8. The Labute approximate surface area is 188 Å². The largest absolute Gasteiger partial charge is 0.0622 e. The lowest BCUT2D eigenvalue weighted by Crippen LogP contribution is -2.00. The van der Waals surface area contributed by atoms with E-state index in [1.807, 2.05) is 0 Å². The molecule has 32 heavy (non-hydrogen) atoms. The summed E-state index contributed by atoms with van der Waals surface area (Å²) >= 11 is 0. The minimum Gasteiger partial charge on any atom is -0.0622 e. The third-order valence-corrected chi connectivity index (χ3v) is 7.21. The molecule has 0 heteroatoms. The summed E-state index contributed by atoms with van der Waals surface area (Å²) in [5.74, 6) is 0.353. The SMILES string of the molecule is c1ccc([C@H]2Cc3ccc4ccccc4c3C2=C2c3ccccc3-c3ccccc32)cc1. The third-order valence-electron chi connectivity index (χ3n) is 7.21. The van der Waals surface area contributed by atoms with Crippen LogP contribution in [0.3, 0.4) is 0 Å². The topological polar surface area (TPSA) is 0 Å². The Hall–Kier alpha value is -3.90. The monoisotopic (exact) mass is 406 g/mol. The Morgan fingerprint density at radius 2 is 1.09 bits per heavy atom. The maximum absolute atomic E-state index is 2.36. The molecule has 0 saturated carbocycles. The lowest BCUT2D eigenvalue weighted by atomic mass is 9.84. The molecule has 0 aromatic heterocycles. The van der Waals surface area contributed by atoms with Crippen molar-refractivity contribution >= 4 is 21.9 Å². The van der Waals surface area contributed by atoms with Crippen molar-refractivity contribution in [2.45, 2.75) is 12.3 Å². The maximum Gasteiger partial charge on any atom is 0.0143 e. The predicted octanol–water partition coefficient (Wildman–Crippen LogP) is 8.12. The van der Waals surface area contributed by atoms with Gasteiger partial charge in [-0.15, -0.1) is 0 Å². The molecule has 0 unspecified atom stereocenters. The maximum atomic E-state index is 2.36. The van der Waals surface area contributed by atoms with Crippen LogP contribution in [0.5, 0.6) is 0 Å². The van der Waals surface area contributed by atoms with Gasteiger partial charge in [-0.05, 0) is 67.3 Å². The number of hydrogen-bond acceptors (Lipinski definition) is 0. The molecule has 0 heterocycles. The van der Waals surface area contributed by atoms with Gasteiger partial charge < -0.3 is 0 Å². The van der Waals surface area contributed by atoms with E-state index in [1.54, 1.807) is 0 Å². The van der Waals surface area contributed by atoms with E-state index in [1.165, 1.54) is 60.9 Å². The Morgan fingerprint density at radius 1 is 0.500 bits per heavy atom. The van der Waals surface area contributed by atoms with E-state index in [-0.39, 0.29) is 0 Å². The van der Waals surface area contributed by atoms with Crippen LogP contribution < -0.4 is 0 Å². The minimum absolute atomic E-state index is 0.353. The van der Waals surface area contributed by atoms with Crippen LogP contribution >= 0.6 is 0 Å². The molecule has 5 aromatic carbocycles. The highest BCUT2D eigenvalue weighted by Gasteiger charge is 2.35. The quantitative estimate of drug-likeness (QED) is 0.259. The lowest BCUT2D eigenvalue weighted by Gasteiger charge is -2.19. The highest BCUT2D eigenvalue weighted by atomic mass is 14.4. The highest BCUT2D eigenvalue weighted by Crippen LogP contribution is 2.55. The molecule has 0 fully saturated rings. The van der Waals surface area contributed by atoms with Crippen molar-refractivity contribution in [2.75, 3.05) is 0 Å². The summed E-state index contributed by atoms with van der Waals surface area (Å²) in [5.41, 5.74) is 12.6. The minimum atomic E-state index is 0.353. The summed E-state index contributed by atoms with van der Waals surface area (Å²) in [5, 5.41) is 2.69. The number of rotatable bonds is 1. The van der Waals surface area contributed by atoms with Crippen molar-refractivity contribution in [3.8, 4) is 11.1 Å². The van der Waals surface area contributed by atoms with Crippen LogP contribution in [0.1, 0.15) is 33.7 Å². The van der Waals surface area contributed by atoms with Crippen molar-refractivity contribution in [1.82, 2.24) is 0 Å². The average Bonchev–Trinajstić information content (AvgIpc) is 3.40. The van der Waals surface area contributed by atoms with Crippen molar-refractivity contribution in [3.05, 3.63) is 143 Å². The van der Waals surface area contributed by atoms with Crippen LogP contribution in [-0.2, 0) is 6.42 Å². The van der Waals surface area contributed by atoms with Crippen molar-refractivity contribution < 1.29 is 0 Å². The van der Waals surface area contributed by atoms with Crippen molar-refractivity contribution in [2.24, 2.45) is 0 Å². The van der Waals surface area contributed by atoms with Crippen LogP contribution in [0.25, 0.3) is 33.0 Å². The van der Waals surface area contributed by atoms with Gasteiger partial charge >= 0.3 is 0 Å². The van der Waals surface area contributed by atoms with Gasteiger partial charge in [0.15, 0.2) is 0 Å². The van der Waals surface area contributed by atoms with Gasteiger partial charge in [0.2, 0.25) is 0 Å². The van der Waals surface area contributed by atoms with E-state index in [2.05, 4.69) is 115 Å². The number of hydrogen-bond donors (Lipinski definition) is 0. The summed E-state index contributed by atoms with van der Waals surface area (Å²) < 4.78 is 0. The van der Waals surface area contributed by atoms with E-state index < -0.39 is 0 Å². The van der Waals surface area contributed by atoms with E-state index >= 15 is 0 Å². The first-order chi connectivity index (χ1) is 15.9. The van der Waals surface area contributed by atoms with E-state index in [9.17, 15) is 0 Å². The molecular weight excluding hydrogens is 384 g/mol. The van der Waals surface area contributed by atoms with Crippen LogP contribution in [0.15, 0.2) is 115 Å². The first-order valence-corrected chi connectivity index (χ1v) is 11.4. The molecule has 150 valence electrons. The molecule has 0 saturated heterocycles. The van der Waals surface area contributed by atoms with Crippen LogP contribution in [0, 0.1) is 0 Å². The van der Waals surface area contributed by atoms with Gasteiger partial charge in [-0.1, -0.05) is 115 Å². The molecule has 0 N–H and O–H groups in total. The number of allylic oxidation sites excluding steroid dienone is 1. The van der Waals surface area contributed by atoms with E-state index in [0.29, 0.717) is 5.92 Å². The summed E-state index contributed by atoms with van der Waals surface area (Å²) in [6.45, 7) is 0. The summed E-state index contributed by atoms with van der Waals surface area (Å²) in [4.78, 5) is 0. The molecule has 2 aliphatic carbocycles. The molecule has 0 radical (unpaired) electrons. The predicted molar refractivity (Wildman–Crippen MR) is 135 cm³/mol. The molecule has 0 nitrogen and oxygen atoms in total. The van der Waals surface area contributed by atoms with Gasteiger partial charge in [0, 0.05) is 5.92 Å². The fourth-order valence-corrected chi connectivity index (χ4v) is 5.88. The molecule has 7 rings (SSSR count).